The number of hydrogen-bond acceptors (Lipinski definition) is 4. The maximum atomic E-state index is 10.9. The summed E-state index contributed by atoms with van der Waals surface area (Å²) in [6, 6.07) is 0. The third kappa shape index (κ3) is 1.77. The molecule has 0 spiro atoms. The third-order valence-electron chi connectivity index (χ3n) is 2.01. The van der Waals surface area contributed by atoms with Gasteiger partial charge in [0.05, 0.1) is 6.61 Å². The standard InChI is InChI=1S/C7H12O4S/c1-2-3-5-4-11-7(8)6(5)12(9)10/h5-6,12H,2-4H2,1H3/t5-,6?/m0/s1. The number of hydrogen-bond donors (Lipinski definition) is 1. The molecule has 0 aromatic heterocycles. The summed E-state index contributed by atoms with van der Waals surface area (Å²) in [4.78, 5) is 10.9. The highest BCUT2D eigenvalue weighted by molar-refractivity contribution is 7.74. The molecule has 70 valence electrons. The van der Waals surface area contributed by atoms with Crippen molar-refractivity contribution in [2.24, 2.45) is 5.92 Å². The van der Waals surface area contributed by atoms with Gasteiger partial charge in [0, 0.05) is 5.92 Å². The summed E-state index contributed by atoms with van der Waals surface area (Å²) in [7, 11) is -2.67. The van der Waals surface area contributed by atoms with Gasteiger partial charge in [-0.1, -0.05) is 13.3 Å². The smallest absolute Gasteiger partial charge is 0.324 e. The van der Waals surface area contributed by atoms with Crippen LogP contribution in [-0.4, -0.2) is 26.2 Å². The van der Waals surface area contributed by atoms with E-state index in [1.807, 2.05) is 6.92 Å². The molecule has 12 heavy (non-hydrogen) atoms. The quantitative estimate of drug-likeness (QED) is 0.502. The van der Waals surface area contributed by atoms with Crippen molar-refractivity contribution >= 4 is 16.7 Å². The van der Waals surface area contributed by atoms with Gasteiger partial charge in [-0.25, -0.2) is 8.42 Å². The molecule has 0 amide bonds. The number of rotatable bonds is 3. The van der Waals surface area contributed by atoms with Crippen LogP contribution in [0.2, 0.25) is 0 Å². The zero-order valence-corrected chi connectivity index (χ0v) is 7.75. The zero-order chi connectivity index (χ0) is 9.14. The van der Waals surface area contributed by atoms with Crippen LogP contribution < -0.4 is 0 Å². The van der Waals surface area contributed by atoms with E-state index in [4.69, 9.17) is 0 Å². The predicted octanol–water partition coefficient (Wildman–Crippen LogP) is -0.0605. The van der Waals surface area contributed by atoms with Crippen molar-refractivity contribution in [3.05, 3.63) is 0 Å². The van der Waals surface area contributed by atoms with Gasteiger partial charge in [0.2, 0.25) is 0 Å². The minimum atomic E-state index is -2.67. The van der Waals surface area contributed by atoms with Crippen molar-refractivity contribution in [3.8, 4) is 0 Å². The van der Waals surface area contributed by atoms with Gasteiger partial charge < -0.3 is 4.74 Å². The van der Waals surface area contributed by atoms with Gasteiger partial charge in [-0.05, 0) is 6.42 Å². The second-order valence-electron chi connectivity index (χ2n) is 2.91. The molecule has 1 unspecified atom stereocenters. The van der Waals surface area contributed by atoms with Crippen molar-refractivity contribution < 1.29 is 17.9 Å². The van der Waals surface area contributed by atoms with Gasteiger partial charge in [0.15, 0.2) is 16.0 Å². The Balaban J connectivity index is 2.70. The molecular formula is C7H12O4S. The summed E-state index contributed by atoms with van der Waals surface area (Å²) in [6.45, 7) is 2.22. The number of carbonyl (C=O) groups excluding carboxylic acids is 1. The number of ether oxygens (including phenoxy) is 1. The minimum absolute atomic E-state index is 0.122. The maximum absolute atomic E-state index is 10.9. The fourth-order valence-corrected chi connectivity index (χ4v) is 2.25. The molecule has 1 fully saturated rings. The molecule has 0 aliphatic carbocycles. The van der Waals surface area contributed by atoms with E-state index >= 15 is 0 Å². The molecule has 2 atom stereocenters. The summed E-state index contributed by atoms with van der Waals surface area (Å²) in [5.74, 6) is -0.701. The molecule has 1 heterocycles. The average Bonchev–Trinajstić information content (AvgIpc) is 2.32. The van der Waals surface area contributed by atoms with Crippen LogP contribution in [0.25, 0.3) is 0 Å². The molecule has 1 rings (SSSR count). The molecule has 0 aromatic rings. The summed E-state index contributed by atoms with van der Waals surface area (Å²) < 4.78 is 25.9. The van der Waals surface area contributed by atoms with Gasteiger partial charge in [-0.2, -0.15) is 0 Å². The Morgan fingerprint density at radius 3 is 2.75 bits per heavy atom. The van der Waals surface area contributed by atoms with Crippen molar-refractivity contribution in [1.29, 1.82) is 0 Å². The van der Waals surface area contributed by atoms with Crippen LogP contribution in [0.5, 0.6) is 0 Å². The Morgan fingerprint density at radius 2 is 2.25 bits per heavy atom. The first-order valence-electron chi connectivity index (χ1n) is 3.97. The van der Waals surface area contributed by atoms with Gasteiger partial charge in [-0.3, -0.25) is 4.79 Å². The molecule has 1 aliphatic heterocycles. The molecule has 0 saturated carbocycles. The van der Waals surface area contributed by atoms with Gasteiger partial charge in [0.25, 0.3) is 0 Å². The first kappa shape index (κ1) is 9.51. The SMILES string of the molecule is CCC[C@H]1COC(=O)C1[SH](=O)=O. The van der Waals surface area contributed by atoms with E-state index in [0.29, 0.717) is 0 Å². The third-order valence-corrected chi connectivity index (χ3v) is 3.10. The van der Waals surface area contributed by atoms with E-state index in [1.165, 1.54) is 0 Å². The average molecular weight is 192 g/mol. The van der Waals surface area contributed by atoms with E-state index in [0.717, 1.165) is 12.8 Å². The molecule has 0 N–H and O–H groups in total. The minimum Gasteiger partial charge on any atom is -0.464 e. The highest BCUT2D eigenvalue weighted by Gasteiger charge is 2.38. The first-order valence-corrected chi connectivity index (χ1v) is 5.21. The Bertz CT molecular complexity index is 238. The predicted molar refractivity (Wildman–Crippen MR) is 43.5 cm³/mol. The van der Waals surface area contributed by atoms with Crippen molar-refractivity contribution in [2.75, 3.05) is 6.61 Å². The lowest BCUT2D eigenvalue weighted by molar-refractivity contribution is -0.137. The van der Waals surface area contributed by atoms with E-state index in [-0.39, 0.29) is 12.5 Å². The van der Waals surface area contributed by atoms with Gasteiger partial charge in [-0.15, -0.1) is 0 Å². The highest BCUT2D eigenvalue weighted by Crippen LogP contribution is 2.22. The Morgan fingerprint density at radius 1 is 1.58 bits per heavy atom. The zero-order valence-electron chi connectivity index (χ0n) is 6.86. The van der Waals surface area contributed by atoms with E-state index in [9.17, 15) is 13.2 Å². The fourth-order valence-electron chi connectivity index (χ4n) is 1.43. The van der Waals surface area contributed by atoms with Crippen LogP contribution >= 0.6 is 0 Å². The molecule has 4 nitrogen and oxygen atoms in total. The molecule has 1 saturated heterocycles. The fraction of sp³-hybridized carbons (Fsp3) is 0.857. The normalized spacial score (nSPS) is 29.3. The number of esters is 1. The number of cyclic esters (lactones) is 1. The second kappa shape index (κ2) is 3.89. The van der Waals surface area contributed by atoms with Crippen molar-refractivity contribution in [3.63, 3.8) is 0 Å². The summed E-state index contributed by atoms with van der Waals surface area (Å²) >= 11 is 0. The molecule has 0 aromatic carbocycles. The van der Waals surface area contributed by atoms with Crippen molar-refractivity contribution in [1.82, 2.24) is 0 Å². The lowest BCUT2D eigenvalue weighted by Crippen LogP contribution is -2.23. The number of thiol groups is 1. The largest absolute Gasteiger partial charge is 0.464 e. The van der Waals surface area contributed by atoms with Crippen LogP contribution in [0.1, 0.15) is 19.8 Å². The van der Waals surface area contributed by atoms with E-state index in [2.05, 4.69) is 4.74 Å². The molecule has 5 heteroatoms. The first-order chi connectivity index (χ1) is 5.66. The molecule has 1 aliphatic rings. The molecular weight excluding hydrogens is 180 g/mol. The van der Waals surface area contributed by atoms with Crippen LogP contribution in [0.3, 0.4) is 0 Å². The Labute approximate surface area is 72.9 Å². The lowest BCUT2D eigenvalue weighted by Gasteiger charge is -2.06. The Kier molecular flexibility index (Phi) is 3.08. The summed E-state index contributed by atoms with van der Waals surface area (Å²) in [5, 5.41) is -0.889. The van der Waals surface area contributed by atoms with Crippen LogP contribution in [0, 0.1) is 5.92 Å². The maximum Gasteiger partial charge on any atom is 0.324 e. The summed E-state index contributed by atoms with van der Waals surface area (Å²) in [5.41, 5.74) is 0. The van der Waals surface area contributed by atoms with E-state index < -0.39 is 21.9 Å². The second-order valence-corrected chi connectivity index (χ2v) is 4.04. The Hall–Kier alpha value is -0.580. The number of carbonyl (C=O) groups is 1. The van der Waals surface area contributed by atoms with Crippen molar-refractivity contribution in [2.45, 2.75) is 25.0 Å². The van der Waals surface area contributed by atoms with Gasteiger partial charge in [0.1, 0.15) is 0 Å². The van der Waals surface area contributed by atoms with Crippen LogP contribution in [0.4, 0.5) is 0 Å². The van der Waals surface area contributed by atoms with Gasteiger partial charge >= 0.3 is 5.97 Å². The van der Waals surface area contributed by atoms with E-state index in [1.54, 1.807) is 0 Å². The molecule has 0 bridgehead atoms. The molecule has 0 radical (unpaired) electrons. The van der Waals surface area contributed by atoms with Crippen LogP contribution in [0.15, 0.2) is 0 Å². The summed E-state index contributed by atoms with van der Waals surface area (Å²) in [6.07, 6.45) is 1.61. The van der Waals surface area contributed by atoms with Crippen LogP contribution in [-0.2, 0) is 20.2 Å². The topological polar surface area (TPSA) is 60.4 Å². The lowest BCUT2D eigenvalue weighted by atomic mass is 10.0. The highest BCUT2D eigenvalue weighted by atomic mass is 32.2. The monoisotopic (exact) mass is 192 g/mol.